The number of carbonyl (C=O) groups excluding carboxylic acids is 1. The Morgan fingerprint density at radius 3 is 2.61 bits per heavy atom. The molecule has 0 spiro atoms. The molecule has 2 atom stereocenters. The Hall–Kier alpha value is -0.940. The number of thiazole rings is 1. The number of rotatable bonds is 6. The topological polar surface area (TPSA) is 45.2 Å². The molecule has 1 saturated heterocycles. The molecule has 3 rings (SSSR count). The van der Waals surface area contributed by atoms with Gasteiger partial charge in [0.15, 0.2) is 0 Å². The summed E-state index contributed by atoms with van der Waals surface area (Å²) in [5.74, 6) is 1.02. The van der Waals surface area contributed by atoms with E-state index in [1.165, 1.54) is 35.6 Å². The monoisotopic (exact) mass is 335 g/mol. The van der Waals surface area contributed by atoms with Gasteiger partial charge in [-0.3, -0.25) is 4.79 Å². The van der Waals surface area contributed by atoms with Gasteiger partial charge < -0.3 is 10.2 Å². The van der Waals surface area contributed by atoms with Crippen LogP contribution >= 0.6 is 11.3 Å². The third-order valence-electron chi connectivity index (χ3n) is 4.90. The normalized spacial score (nSPS) is 21.7. The minimum atomic E-state index is 0.209. The molecule has 1 saturated carbocycles. The largest absolute Gasteiger partial charge is 0.343 e. The van der Waals surface area contributed by atoms with Crippen LogP contribution in [-0.4, -0.2) is 34.9 Å². The van der Waals surface area contributed by atoms with Gasteiger partial charge in [-0.05, 0) is 45.4 Å². The van der Waals surface area contributed by atoms with Gasteiger partial charge in [0.1, 0.15) is 5.01 Å². The summed E-state index contributed by atoms with van der Waals surface area (Å²) >= 11 is 1.79. The van der Waals surface area contributed by atoms with Gasteiger partial charge in [0, 0.05) is 36.6 Å². The molecule has 0 bridgehead atoms. The van der Waals surface area contributed by atoms with Crippen molar-refractivity contribution in [1.82, 2.24) is 15.2 Å². The van der Waals surface area contributed by atoms with Gasteiger partial charge in [-0.2, -0.15) is 0 Å². The van der Waals surface area contributed by atoms with E-state index in [2.05, 4.69) is 29.0 Å². The van der Waals surface area contributed by atoms with Gasteiger partial charge in [-0.15, -0.1) is 11.3 Å². The average Bonchev–Trinajstić information content (AvgIpc) is 3.31. The van der Waals surface area contributed by atoms with E-state index in [9.17, 15) is 4.79 Å². The summed E-state index contributed by atoms with van der Waals surface area (Å²) in [5, 5.41) is 4.89. The Balaban J connectivity index is 1.54. The molecule has 0 radical (unpaired) electrons. The molecule has 23 heavy (non-hydrogen) atoms. The maximum absolute atomic E-state index is 12.5. The summed E-state index contributed by atoms with van der Waals surface area (Å²) in [6, 6.07) is 0.543. The maximum atomic E-state index is 12.5. The van der Waals surface area contributed by atoms with Gasteiger partial charge in [0.2, 0.25) is 5.91 Å². The highest BCUT2D eigenvalue weighted by Crippen LogP contribution is 2.42. The predicted molar refractivity (Wildman–Crippen MR) is 94.6 cm³/mol. The first kappa shape index (κ1) is 16.9. The molecule has 2 heterocycles. The van der Waals surface area contributed by atoms with E-state index >= 15 is 0 Å². The number of carbonyl (C=O) groups is 1. The third-order valence-corrected chi connectivity index (χ3v) is 5.90. The lowest BCUT2D eigenvalue weighted by Gasteiger charge is -2.25. The second-order valence-electron chi connectivity index (χ2n) is 7.19. The molecule has 1 aliphatic carbocycles. The van der Waals surface area contributed by atoms with E-state index in [0.717, 1.165) is 25.9 Å². The highest BCUT2D eigenvalue weighted by Gasteiger charge is 2.35. The molecule has 2 aliphatic rings. The second-order valence-corrected chi connectivity index (χ2v) is 8.46. The van der Waals surface area contributed by atoms with Crippen molar-refractivity contribution in [2.24, 2.45) is 5.92 Å². The molecule has 5 heteroatoms. The summed E-state index contributed by atoms with van der Waals surface area (Å²) in [5.41, 5.74) is 0. The lowest BCUT2D eigenvalue weighted by Crippen LogP contribution is -2.39. The van der Waals surface area contributed by atoms with Crippen LogP contribution in [0.1, 0.15) is 67.8 Å². The molecule has 0 unspecified atom stereocenters. The van der Waals surface area contributed by atoms with Crippen molar-refractivity contribution < 1.29 is 4.79 Å². The highest BCUT2D eigenvalue weighted by molar-refractivity contribution is 7.11. The number of nitrogens with one attached hydrogen (secondary N) is 1. The van der Waals surface area contributed by atoms with E-state index in [-0.39, 0.29) is 6.04 Å². The van der Waals surface area contributed by atoms with Crippen LogP contribution in [0.5, 0.6) is 0 Å². The average molecular weight is 336 g/mol. The lowest BCUT2D eigenvalue weighted by molar-refractivity contribution is -0.131. The highest BCUT2D eigenvalue weighted by atomic mass is 32.1. The van der Waals surface area contributed by atoms with E-state index < -0.39 is 0 Å². The third kappa shape index (κ3) is 4.77. The predicted octanol–water partition coefficient (Wildman–Crippen LogP) is 3.67. The summed E-state index contributed by atoms with van der Waals surface area (Å²) in [6.07, 6.45) is 9.99. The molecule has 2 fully saturated rings. The van der Waals surface area contributed by atoms with Crippen molar-refractivity contribution in [3.05, 3.63) is 16.1 Å². The van der Waals surface area contributed by atoms with Gasteiger partial charge in [0.25, 0.3) is 0 Å². The minimum Gasteiger partial charge on any atom is -0.343 e. The van der Waals surface area contributed by atoms with E-state index in [0.29, 0.717) is 24.3 Å². The van der Waals surface area contributed by atoms with Crippen LogP contribution in [0.4, 0.5) is 0 Å². The Kier molecular flexibility index (Phi) is 5.70. The number of nitrogens with zero attached hydrogens (tertiary/aromatic N) is 2. The van der Waals surface area contributed by atoms with E-state index in [1.54, 1.807) is 11.3 Å². The molecular formula is C18H29N3OS. The lowest BCUT2D eigenvalue weighted by atomic mass is 10.1. The van der Waals surface area contributed by atoms with Crippen LogP contribution in [0.15, 0.2) is 6.20 Å². The fraction of sp³-hybridized carbons (Fsp3) is 0.778. The standard InChI is InChI=1S/C18H29N3OS/c1-13(11-16(22)21-9-5-3-4-6-10-21)20-17(15-7-8-15)18-19-12-14(2)23-18/h12-13,15,17,20H,3-11H2,1-2H3/t13-,17-/m1/s1. The van der Waals surface area contributed by atoms with Crippen LogP contribution in [0, 0.1) is 12.8 Å². The molecule has 4 nitrogen and oxygen atoms in total. The smallest absolute Gasteiger partial charge is 0.224 e. The first-order chi connectivity index (χ1) is 11.1. The fourth-order valence-corrected chi connectivity index (χ4v) is 4.36. The van der Waals surface area contributed by atoms with Crippen molar-refractivity contribution in [1.29, 1.82) is 0 Å². The fourth-order valence-electron chi connectivity index (χ4n) is 3.43. The number of aromatic nitrogens is 1. The molecule has 1 N–H and O–H groups in total. The van der Waals surface area contributed by atoms with Crippen LogP contribution in [-0.2, 0) is 4.79 Å². The number of hydrogen-bond donors (Lipinski definition) is 1. The molecule has 1 aromatic rings. The first-order valence-corrected chi connectivity index (χ1v) is 9.91. The SMILES string of the molecule is Cc1cnc([C@H](N[C@H](C)CC(=O)N2CCCCCC2)C2CC2)s1. The van der Waals surface area contributed by atoms with Crippen LogP contribution in [0.2, 0.25) is 0 Å². The number of likely N-dealkylation sites (tertiary alicyclic amines) is 1. The van der Waals surface area contributed by atoms with Gasteiger partial charge in [-0.25, -0.2) is 4.98 Å². The molecular weight excluding hydrogens is 306 g/mol. The van der Waals surface area contributed by atoms with Crippen molar-refractivity contribution in [3.63, 3.8) is 0 Å². The molecule has 0 aromatic carbocycles. The van der Waals surface area contributed by atoms with E-state index in [4.69, 9.17) is 0 Å². The quantitative estimate of drug-likeness (QED) is 0.862. The van der Waals surface area contributed by atoms with Crippen molar-refractivity contribution in [2.75, 3.05) is 13.1 Å². The number of amides is 1. The van der Waals surface area contributed by atoms with E-state index in [1.807, 2.05) is 6.20 Å². The Morgan fingerprint density at radius 2 is 2.04 bits per heavy atom. The van der Waals surface area contributed by atoms with Crippen LogP contribution in [0.25, 0.3) is 0 Å². The summed E-state index contributed by atoms with van der Waals surface area (Å²) < 4.78 is 0. The summed E-state index contributed by atoms with van der Waals surface area (Å²) in [6.45, 7) is 6.15. The zero-order chi connectivity index (χ0) is 16.2. The van der Waals surface area contributed by atoms with Crippen molar-refractivity contribution in [2.45, 2.75) is 70.9 Å². The molecule has 1 aliphatic heterocycles. The van der Waals surface area contributed by atoms with Gasteiger partial charge >= 0.3 is 0 Å². The minimum absolute atomic E-state index is 0.209. The molecule has 128 valence electrons. The van der Waals surface area contributed by atoms with Crippen LogP contribution < -0.4 is 5.32 Å². The molecule has 1 aromatic heterocycles. The Bertz CT molecular complexity index is 518. The zero-order valence-corrected chi connectivity index (χ0v) is 15.2. The molecule has 1 amide bonds. The Labute approximate surface area is 143 Å². The van der Waals surface area contributed by atoms with Crippen molar-refractivity contribution >= 4 is 17.2 Å². The second kappa shape index (κ2) is 7.75. The first-order valence-electron chi connectivity index (χ1n) is 9.09. The summed E-state index contributed by atoms with van der Waals surface area (Å²) in [7, 11) is 0. The number of hydrogen-bond acceptors (Lipinski definition) is 4. The maximum Gasteiger partial charge on any atom is 0.224 e. The zero-order valence-electron chi connectivity index (χ0n) is 14.4. The van der Waals surface area contributed by atoms with Crippen molar-refractivity contribution in [3.8, 4) is 0 Å². The van der Waals surface area contributed by atoms with Crippen LogP contribution in [0.3, 0.4) is 0 Å². The Morgan fingerprint density at radius 1 is 1.35 bits per heavy atom. The number of aryl methyl sites for hydroxylation is 1. The van der Waals surface area contributed by atoms with Gasteiger partial charge in [-0.1, -0.05) is 12.8 Å². The summed E-state index contributed by atoms with van der Waals surface area (Å²) in [4.78, 5) is 20.5. The van der Waals surface area contributed by atoms with Gasteiger partial charge in [0.05, 0.1) is 6.04 Å².